The van der Waals surface area contributed by atoms with E-state index >= 15 is 0 Å². The Bertz CT molecular complexity index is 1330. The van der Waals surface area contributed by atoms with Crippen LogP contribution in [0.5, 0.6) is 11.5 Å². The van der Waals surface area contributed by atoms with Gasteiger partial charge in [0, 0.05) is 18.7 Å². The number of hydrogen-bond acceptors (Lipinski definition) is 5. The van der Waals surface area contributed by atoms with Crippen molar-refractivity contribution in [1.82, 2.24) is 10.2 Å². The standard InChI is InChI=1S/C28H32FN3O5S/c1-4-18-30-28(34)21(2)31(19-22-10-8-9-13-26(22)29)27(33)20-32(38(3,35)36)23-14-16-25(17-15-23)37-24-11-6-5-7-12-24/h5-17,21H,4,18-20H2,1-3H3,(H,30,34). The molecule has 0 aliphatic heterocycles. The van der Waals surface area contributed by atoms with Gasteiger partial charge in [-0.2, -0.15) is 0 Å². The molecule has 38 heavy (non-hydrogen) atoms. The number of ether oxygens (including phenoxy) is 1. The van der Waals surface area contributed by atoms with E-state index in [9.17, 15) is 22.4 Å². The molecule has 8 nitrogen and oxygen atoms in total. The van der Waals surface area contributed by atoms with E-state index in [0.717, 1.165) is 10.6 Å². The fourth-order valence-corrected chi connectivity index (χ4v) is 4.56. The third kappa shape index (κ3) is 7.79. The molecule has 0 bridgehead atoms. The van der Waals surface area contributed by atoms with E-state index in [4.69, 9.17) is 4.74 Å². The number of amides is 2. The van der Waals surface area contributed by atoms with Gasteiger partial charge in [0.05, 0.1) is 11.9 Å². The summed E-state index contributed by atoms with van der Waals surface area (Å²) >= 11 is 0. The number of para-hydroxylation sites is 1. The highest BCUT2D eigenvalue weighted by Gasteiger charge is 2.30. The maximum atomic E-state index is 14.4. The Hall–Kier alpha value is -3.92. The predicted octanol–water partition coefficient (Wildman–Crippen LogP) is 4.33. The van der Waals surface area contributed by atoms with Gasteiger partial charge in [0.15, 0.2) is 0 Å². The van der Waals surface area contributed by atoms with Gasteiger partial charge in [0.2, 0.25) is 21.8 Å². The van der Waals surface area contributed by atoms with Gasteiger partial charge >= 0.3 is 0 Å². The molecule has 10 heteroatoms. The molecule has 0 saturated carbocycles. The van der Waals surface area contributed by atoms with Crippen LogP contribution in [0.25, 0.3) is 0 Å². The van der Waals surface area contributed by atoms with Gasteiger partial charge in [-0.05, 0) is 55.8 Å². The van der Waals surface area contributed by atoms with E-state index in [1.165, 1.54) is 42.2 Å². The van der Waals surface area contributed by atoms with E-state index in [1.54, 1.807) is 30.3 Å². The molecule has 3 aromatic carbocycles. The van der Waals surface area contributed by atoms with Crippen LogP contribution in [0.1, 0.15) is 25.8 Å². The zero-order valence-corrected chi connectivity index (χ0v) is 22.4. The molecule has 1 N–H and O–H groups in total. The second kappa shape index (κ2) is 13.0. The average Bonchev–Trinajstić information content (AvgIpc) is 2.90. The minimum Gasteiger partial charge on any atom is -0.457 e. The number of benzene rings is 3. The topological polar surface area (TPSA) is 96.0 Å². The Morgan fingerprint density at radius 2 is 1.55 bits per heavy atom. The maximum absolute atomic E-state index is 14.4. The summed E-state index contributed by atoms with van der Waals surface area (Å²) in [4.78, 5) is 27.4. The molecule has 0 aliphatic carbocycles. The zero-order chi connectivity index (χ0) is 27.7. The number of anilines is 1. The first-order valence-corrected chi connectivity index (χ1v) is 14.1. The van der Waals surface area contributed by atoms with Crippen molar-refractivity contribution in [2.45, 2.75) is 32.9 Å². The molecular formula is C28H32FN3O5S. The number of carbonyl (C=O) groups is 2. The van der Waals surface area contributed by atoms with Crippen LogP contribution < -0.4 is 14.4 Å². The minimum atomic E-state index is -3.89. The Morgan fingerprint density at radius 3 is 2.16 bits per heavy atom. The molecule has 0 aromatic heterocycles. The molecule has 0 heterocycles. The molecule has 0 saturated heterocycles. The Balaban J connectivity index is 1.86. The molecule has 3 rings (SSSR count). The van der Waals surface area contributed by atoms with Crippen LogP contribution in [0.3, 0.4) is 0 Å². The van der Waals surface area contributed by atoms with Crippen molar-refractivity contribution in [2.24, 2.45) is 0 Å². The summed E-state index contributed by atoms with van der Waals surface area (Å²) in [6, 6.07) is 20.3. The highest BCUT2D eigenvalue weighted by molar-refractivity contribution is 7.92. The molecule has 0 aliphatic rings. The van der Waals surface area contributed by atoms with E-state index < -0.39 is 40.2 Å². The number of hydrogen-bond donors (Lipinski definition) is 1. The fraction of sp³-hybridized carbons (Fsp3) is 0.286. The minimum absolute atomic E-state index is 0.201. The third-order valence-corrected chi connectivity index (χ3v) is 6.94. The molecular weight excluding hydrogens is 509 g/mol. The molecule has 0 fully saturated rings. The Labute approximate surface area is 223 Å². The molecule has 202 valence electrons. The summed E-state index contributed by atoms with van der Waals surface area (Å²) in [5.41, 5.74) is 0.458. The summed E-state index contributed by atoms with van der Waals surface area (Å²) in [7, 11) is -3.89. The number of carbonyl (C=O) groups excluding carboxylic acids is 2. The van der Waals surface area contributed by atoms with E-state index in [-0.39, 0.29) is 17.8 Å². The normalized spacial score (nSPS) is 11.9. The fourth-order valence-electron chi connectivity index (χ4n) is 3.71. The lowest BCUT2D eigenvalue weighted by molar-refractivity contribution is -0.139. The quantitative estimate of drug-likeness (QED) is 0.368. The van der Waals surface area contributed by atoms with Gasteiger partial charge in [-0.1, -0.05) is 43.3 Å². The lowest BCUT2D eigenvalue weighted by Gasteiger charge is -2.31. The second-order valence-electron chi connectivity index (χ2n) is 8.76. The van der Waals surface area contributed by atoms with Gasteiger partial charge in [0.1, 0.15) is 29.9 Å². The van der Waals surface area contributed by atoms with Crippen LogP contribution in [0, 0.1) is 5.82 Å². The molecule has 2 amide bonds. The van der Waals surface area contributed by atoms with Gasteiger partial charge in [-0.25, -0.2) is 12.8 Å². The van der Waals surface area contributed by atoms with Gasteiger partial charge in [-0.15, -0.1) is 0 Å². The Kier molecular flexibility index (Phi) is 9.84. The predicted molar refractivity (Wildman–Crippen MR) is 145 cm³/mol. The molecule has 0 radical (unpaired) electrons. The summed E-state index contributed by atoms with van der Waals surface area (Å²) in [5.74, 6) is -0.482. The highest BCUT2D eigenvalue weighted by atomic mass is 32.2. The lowest BCUT2D eigenvalue weighted by Crippen LogP contribution is -2.51. The molecule has 1 unspecified atom stereocenters. The SMILES string of the molecule is CCCNC(=O)C(C)N(Cc1ccccc1F)C(=O)CN(c1ccc(Oc2ccccc2)cc1)S(C)(=O)=O. The number of sulfonamides is 1. The van der Waals surface area contributed by atoms with Crippen LogP contribution in [0.4, 0.5) is 10.1 Å². The molecule has 1 atom stereocenters. The zero-order valence-electron chi connectivity index (χ0n) is 21.6. The number of rotatable bonds is 12. The van der Waals surface area contributed by atoms with E-state index in [2.05, 4.69) is 5.32 Å². The molecule has 0 spiro atoms. The third-order valence-electron chi connectivity index (χ3n) is 5.80. The lowest BCUT2D eigenvalue weighted by atomic mass is 10.1. The van der Waals surface area contributed by atoms with Gasteiger partial charge in [-0.3, -0.25) is 13.9 Å². The van der Waals surface area contributed by atoms with Gasteiger partial charge < -0.3 is 15.0 Å². The smallest absolute Gasteiger partial charge is 0.244 e. The summed E-state index contributed by atoms with van der Waals surface area (Å²) in [6.45, 7) is 3.07. The average molecular weight is 542 g/mol. The van der Waals surface area contributed by atoms with Crippen molar-refractivity contribution in [3.63, 3.8) is 0 Å². The van der Waals surface area contributed by atoms with Crippen LogP contribution >= 0.6 is 0 Å². The first-order valence-electron chi connectivity index (χ1n) is 12.2. The first kappa shape index (κ1) is 28.6. The van der Waals surface area contributed by atoms with E-state index in [1.807, 2.05) is 25.1 Å². The van der Waals surface area contributed by atoms with Crippen LogP contribution in [-0.2, 0) is 26.2 Å². The summed E-state index contributed by atoms with van der Waals surface area (Å²) < 4.78 is 46.6. The van der Waals surface area contributed by atoms with Crippen LogP contribution in [-0.4, -0.2) is 50.5 Å². The maximum Gasteiger partial charge on any atom is 0.244 e. The largest absolute Gasteiger partial charge is 0.457 e. The van der Waals surface area contributed by atoms with Crippen LogP contribution in [0.15, 0.2) is 78.9 Å². The van der Waals surface area contributed by atoms with Crippen molar-refractivity contribution < 1.29 is 27.1 Å². The van der Waals surface area contributed by atoms with Crippen molar-refractivity contribution in [1.29, 1.82) is 0 Å². The summed E-state index contributed by atoms with van der Waals surface area (Å²) in [6.07, 6.45) is 1.69. The van der Waals surface area contributed by atoms with Crippen molar-refractivity contribution >= 4 is 27.5 Å². The van der Waals surface area contributed by atoms with E-state index in [0.29, 0.717) is 24.5 Å². The first-order chi connectivity index (χ1) is 18.1. The van der Waals surface area contributed by atoms with Crippen molar-refractivity contribution in [3.8, 4) is 11.5 Å². The van der Waals surface area contributed by atoms with Crippen LogP contribution in [0.2, 0.25) is 0 Å². The van der Waals surface area contributed by atoms with Crippen molar-refractivity contribution in [3.05, 3.63) is 90.2 Å². The Morgan fingerprint density at radius 1 is 0.947 bits per heavy atom. The monoisotopic (exact) mass is 541 g/mol. The van der Waals surface area contributed by atoms with Crippen molar-refractivity contribution in [2.75, 3.05) is 23.7 Å². The summed E-state index contributed by atoms with van der Waals surface area (Å²) in [5, 5.41) is 2.74. The highest BCUT2D eigenvalue weighted by Crippen LogP contribution is 2.26. The molecule has 3 aromatic rings. The van der Waals surface area contributed by atoms with Gasteiger partial charge in [0.25, 0.3) is 0 Å². The second-order valence-corrected chi connectivity index (χ2v) is 10.7. The number of halogens is 1. The number of nitrogens with one attached hydrogen (secondary N) is 1. The number of nitrogens with zero attached hydrogens (tertiary/aromatic N) is 2.